The second kappa shape index (κ2) is 5.90. The van der Waals surface area contributed by atoms with E-state index in [0.717, 1.165) is 11.3 Å². The van der Waals surface area contributed by atoms with Crippen molar-refractivity contribution in [3.05, 3.63) is 35.2 Å². The minimum atomic E-state index is -0.189. The molecule has 0 aliphatic heterocycles. The zero-order valence-electron chi connectivity index (χ0n) is 12.9. The van der Waals surface area contributed by atoms with Gasteiger partial charge in [-0.05, 0) is 12.1 Å². The molecule has 0 bridgehead atoms. The summed E-state index contributed by atoms with van der Waals surface area (Å²) in [5.74, 6) is 1.98. The Morgan fingerprint density at radius 3 is 2.33 bits per heavy atom. The van der Waals surface area contributed by atoms with Crippen LogP contribution in [0.4, 0.5) is 0 Å². The Kier molecular flexibility index (Phi) is 4.37. The minimum absolute atomic E-state index is 0.189. The molecule has 2 aromatic rings. The quantitative estimate of drug-likeness (QED) is 0.800. The number of rotatable bonds is 3. The number of hydrogen-bond acceptors (Lipinski definition) is 4. The summed E-state index contributed by atoms with van der Waals surface area (Å²) >= 11 is 6.15. The van der Waals surface area contributed by atoms with Gasteiger partial charge in [0.15, 0.2) is 11.5 Å². The molecule has 0 radical (unpaired) electrons. The van der Waals surface area contributed by atoms with Crippen LogP contribution in [0.2, 0.25) is 5.15 Å². The monoisotopic (exact) mass is 306 g/mol. The van der Waals surface area contributed by atoms with Crippen molar-refractivity contribution < 1.29 is 9.47 Å². The topological polar surface area (TPSA) is 44.2 Å². The predicted octanol–water partition coefficient (Wildman–Crippen LogP) is 4.11. The Hall–Kier alpha value is -1.81. The second-order valence-electron chi connectivity index (χ2n) is 5.69. The first-order valence-corrected chi connectivity index (χ1v) is 7.01. The van der Waals surface area contributed by atoms with Crippen molar-refractivity contribution in [3.63, 3.8) is 0 Å². The first-order valence-electron chi connectivity index (χ1n) is 6.63. The fourth-order valence-electron chi connectivity index (χ4n) is 1.98. The standard InChI is InChI=1S/C16H19ClN2O2/c1-16(2,3)15-18-11(9-13(17)19-15)10-7-6-8-12(20-4)14(10)21-5/h6-9H,1-5H3. The number of halogens is 1. The molecule has 0 saturated heterocycles. The van der Waals surface area contributed by atoms with E-state index in [1.807, 2.05) is 39.0 Å². The lowest BCUT2D eigenvalue weighted by Gasteiger charge is -2.18. The van der Waals surface area contributed by atoms with Crippen LogP contribution in [0.5, 0.6) is 11.5 Å². The van der Waals surface area contributed by atoms with E-state index in [0.29, 0.717) is 22.5 Å². The zero-order chi connectivity index (χ0) is 15.6. The van der Waals surface area contributed by atoms with E-state index in [4.69, 9.17) is 21.1 Å². The summed E-state index contributed by atoms with van der Waals surface area (Å²) in [5.41, 5.74) is 1.36. The third-order valence-corrected chi connectivity index (χ3v) is 3.24. The molecule has 1 heterocycles. The Balaban J connectivity index is 2.65. The molecule has 1 aromatic heterocycles. The van der Waals surface area contributed by atoms with E-state index in [9.17, 15) is 0 Å². The van der Waals surface area contributed by atoms with Gasteiger partial charge < -0.3 is 9.47 Å². The Labute approximate surface area is 130 Å². The fourth-order valence-corrected chi connectivity index (χ4v) is 2.16. The van der Waals surface area contributed by atoms with Crippen molar-refractivity contribution in [2.75, 3.05) is 14.2 Å². The maximum Gasteiger partial charge on any atom is 0.170 e. The third-order valence-electron chi connectivity index (χ3n) is 3.04. The van der Waals surface area contributed by atoms with Gasteiger partial charge in [0.1, 0.15) is 11.0 Å². The lowest BCUT2D eigenvalue weighted by molar-refractivity contribution is 0.356. The average molecular weight is 307 g/mol. The highest BCUT2D eigenvalue weighted by atomic mass is 35.5. The molecule has 21 heavy (non-hydrogen) atoms. The number of aromatic nitrogens is 2. The van der Waals surface area contributed by atoms with Crippen LogP contribution >= 0.6 is 11.6 Å². The molecule has 1 aromatic carbocycles. The van der Waals surface area contributed by atoms with E-state index in [-0.39, 0.29) is 5.41 Å². The molecule has 112 valence electrons. The fraction of sp³-hybridized carbons (Fsp3) is 0.375. The van der Waals surface area contributed by atoms with Gasteiger partial charge in [-0.15, -0.1) is 0 Å². The normalized spacial score (nSPS) is 11.3. The largest absolute Gasteiger partial charge is 0.493 e. The smallest absolute Gasteiger partial charge is 0.170 e. The molecule has 2 rings (SSSR count). The maximum atomic E-state index is 6.15. The SMILES string of the molecule is COc1cccc(-c2cc(Cl)nc(C(C)(C)C)n2)c1OC. The summed E-state index contributed by atoms with van der Waals surface area (Å²) in [6, 6.07) is 7.39. The van der Waals surface area contributed by atoms with Gasteiger partial charge >= 0.3 is 0 Å². The van der Waals surface area contributed by atoms with Crippen molar-refractivity contribution in [2.24, 2.45) is 0 Å². The summed E-state index contributed by atoms with van der Waals surface area (Å²) in [6.07, 6.45) is 0. The third kappa shape index (κ3) is 3.27. The molecule has 0 saturated carbocycles. The summed E-state index contributed by atoms with van der Waals surface area (Å²) in [7, 11) is 3.21. The van der Waals surface area contributed by atoms with E-state index in [1.165, 1.54) is 0 Å². The van der Waals surface area contributed by atoms with Crippen molar-refractivity contribution in [1.82, 2.24) is 9.97 Å². The lowest BCUT2D eigenvalue weighted by Crippen LogP contribution is -2.16. The molecule has 0 aliphatic carbocycles. The first kappa shape index (κ1) is 15.6. The number of ether oxygens (including phenoxy) is 2. The second-order valence-corrected chi connectivity index (χ2v) is 6.08. The highest BCUT2D eigenvalue weighted by Crippen LogP contribution is 2.38. The Morgan fingerprint density at radius 2 is 1.76 bits per heavy atom. The molecule has 0 amide bonds. The molecular formula is C16H19ClN2O2. The molecule has 0 spiro atoms. The maximum absolute atomic E-state index is 6.15. The van der Waals surface area contributed by atoms with Gasteiger partial charge in [0.2, 0.25) is 0 Å². The number of hydrogen-bond donors (Lipinski definition) is 0. The van der Waals surface area contributed by atoms with Gasteiger partial charge in [-0.2, -0.15) is 0 Å². The van der Waals surface area contributed by atoms with Crippen molar-refractivity contribution in [1.29, 1.82) is 0 Å². The highest BCUT2D eigenvalue weighted by molar-refractivity contribution is 6.29. The molecular weight excluding hydrogens is 288 g/mol. The van der Waals surface area contributed by atoms with E-state index >= 15 is 0 Å². The van der Waals surface area contributed by atoms with E-state index < -0.39 is 0 Å². The van der Waals surface area contributed by atoms with Gasteiger partial charge in [0.25, 0.3) is 0 Å². The predicted molar refractivity (Wildman–Crippen MR) is 84.3 cm³/mol. The van der Waals surface area contributed by atoms with Crippen LogP contribution < -0.4 is 9.47 Å². The number of para-hydroxylation sites is 1. The van der Waals surface area contributed by atoms with Crippen LogP contribution in [0.3, 0.4) is 0 Å². The minimum Gasteiger partial charge on any atom is -0.493 e. The van der Waals surface area contributed by atoms with Gasteiger partial charge in [0.05, 0.1) is 19.9 Å². The first-order chi connectivity index (χ1) is 9.86. The summed E-state index contributed by atoms with van der Waals surface area (Å²) in [6.45, 7) is 6.14. The number of benzene rings is 1. The van der Waals surface area contributed by atoms with E-state index in [1.54, 1.807) is 20.3 Å². The van der Waals surface area contributed by atoms with Gasteiger partial charge in [0, 0.05) is 17.0 Å². The molecule has 4 nitrogen and oxygen atoms in total. The molecule has 5 heteroatoms. The molecule has 0 unspecified atom stereocenters. The van der Waals surface area contributed by atoms with Crippen LogP contribution in [0, 0.1) is 0 Å². The van der Waals surface area contributed by atoms with Gasteiger partial charge in [-0.3, -0.25) is 0 Å². The van der Waals surface area contributed by atoms with Crippen molar-refractivity contribution in [3.8, 4) is 22.8 Å². The van der Waals surface area contributed by atoms with Gasteiger partial charge in [-0.1, -0.05) is 38.4 Å². The molecule has 0 N–H and O–H groups in total. The van der Waals surface area contributed by atoms with Crippen LogP contribution in [0.1, 0.15) is 26.6 Å². The summed E-state index contributed by atoms with van der Waals surface area (Å²) in [5, 5.41) is 0.412. The van der Waals surface area contributed by atoms with Gasteiger partial charge in [-0.25, -0.2) is 9.97 Å². The molecule has 0 aliphatic rings. The van der Waals surface area contributed by atoms with Crippen LogP contribution in [0.15, 0.2) is 24.3 Å². The lowest BCUT2D eigenvalue weighted by atomic mass is 9.95. The van der Waals surface area contributed by atoms with Crippen LogP contribution in [-0.2, 0) is 5.41 Å². The average Bonchev–Trinajstić information content (AvgIpc) is 2.44. The van der Waals surface area contributed by atoms with Crippen molar-refractivity contribution >= 4 is 11.6 Å². The number of methoxy groups -OCH3 is 2. The molecule has 0 atom stereocenters. The summed E-state index contributed by atoms with van der Waals surface area (Å²) < 4.78 is 10.8. The van der Waals surface area contributed by atoms with Crippen molar-refractivity contribution in [2.45, 2.75) is 26.2 Å². The highest BCUT2D eigenvalue weighted by Gasteiger charge is 2.21. The Morgan fingerprint density at radius 1 is 1.05 bits per heavy atom. The summed E-state index contributed by atoms with van der Waals surface area (Å²) in [4.78, 5) is 8.94. The Bertz CT molecular complexity index is 651. The van der Waals surface area contributed by atoms with Crippen LogP contribution in [-0.4, -0.2) is 24.2 Å². The van der Waals surface area contributed by atoms with E-state index in [2.05, 4.69) is 9.97 Å². The van der Waals surface area contributed by atoms with Crippen LogP contribution in [0.25, 0.3) is 11.3 Å². The zero-order valence-corrected chi connectivity index (χ0v) is 13.7. The molecule has 0 fully saturated rings. The number of nitrogens with zero attached hydrogens (tertiary/aromatic N) is 2.